The molecule has 0 aliphatic carbocycles. The highest BCUT2D eigenvalue weighted by Gasteiger charge is 2.22. The largest absolute Gasteiger partial charge is 0.409 e. The predicted octanol–water partition coefficient (Wildman–Crippen LogP) is 1.09. The number of hydrogen-bond donors (Lipinski definition) is 3. The number of hydrogen-bond acceptors (Lipinski definition) is 4. The lowest BCUT2D eigenvalue weighted by Gasteiger charge is -2.23. The zero-order valence-electron chi connectivity index (χ0n) is 12.0. The molecule has 1 aromatic carbocycles. The van der Waals surface area contributed by atoms with Gasteiger partial charge in [0.2, 0.25) is 0 Å². The van der Waals surface area contributed by atoms with Crippen LogP contribution in [-0.4, -0.2) is 36.9 Å². The highest BCUT2D eigenvalue weighted by atomic mass is 32.2. The van der Waals surface area contributed by atoms with Gasteiger partial charge in [0.05, 0.1) is 5.69 Å². The number of rotatable bonds is 5. The van der Waals surface area contributed by atoms with E-state index in [1.165, 1.54) is 11.4 Å². The van der Waals surface area contributed by atoms with Crippen LogP contribution in [0.15, 0.2) is 23.4 Å². The Morgan fingerprint density at radius 1 is 1.45 bits per heavy atom. The van der Waals surface area contributed by atoms with E-state index < -0.39 is 10.2 Å². The highest BCUT2D eigenvalue weighted by molar-refractivity contribution is 7.90. The maximum Gasteiger partial charge on any atom is 0.301 e. The topological polar surface area (TPSA) is 108 Å². The molecule has 0 saturated heterocycles. The summed E-state index contributed by atoms with van der Waals surface area (Å²) in [6.07, 6.45) is 0. The molecule has 8 heteroatoms. The summed E-state index contributed by atoms with van der Waals surface area (Å²) in [6.45, 7) is 5.27. The van der Waals surface area contributed by atoms with Crippen molar-refractivity contribution in [3.8, 4) is 0 Å². The summed E-state index contributed by atoms with van der Waals surface area (Å²) < 4.78 is 28.0. The Labute approximate surface area is 119 Å². The molecule has 7 nitrogen and oxygen atoms in total. The van der Waals surface area contributed by atoms with Crippen LogP contribution < -0.4 is 10.5 Å². The first kappa shape index (κ1) is 16.3. The molecule has 0 spiro atoms. The Morgan fingerprint density at radius 3 is 2.55 bits per heavy atom. The Morgan fingerprint density at radius 2 is 2.05 bits per heavy atom. The summed E-state index contributed by atoms with van der Waals surface area (Å²) in [5.41, 5.74) is 6.93. The normalized spacial score (nSPS) is 13.0. The fraction of sp³-hybridized carbons (Fsp3) is 0.417. The average Bonchev–Trinajstić information content (AvgIpc) is 2.36. The van der Waals surface area contributed by atoms with Crippen molar-refractivity contribution in [2.75, 3.05) is 11.8 Å². The summed E-state index contributed by atoms with van der Waals surface area (Å²) in [5, 5.41) is 11.7. The van der Waals surface area contributed by atoms with Crippen molar-refractivity contribution in [3.63, 3.8) is 0 Å². The second-order valence-electron chi connectivity index (χ2n) is 4.70. The molecular formula is C12H20N4O3S. The summed E-state index contributed by atoms with van der Waals surface area (Å²) >= 11 is 0. The lowest BCUT2D eigenvalue weighted by Crippen LogP contribution is -2.38. The first-order valence-electron chi connectivity index (χ1n) is 6.04. The van der Waals surface area contributed by atoms with Crippen molar-refractivity contribution < 1.29 is 13.6 Å². The second-order valence-corrected chi connectivity index (χ2v) is 6.43. The van der Waals surface area contributed by atoms with Gasteiger partial charge in [0.15, 0.2) is 5.84 Å². The van der Waals surface area contributed by atoms with Crippen molar-refractivity contribution in [3.05, 3.63) is 29.3 Å². The number of aryl methyl sites for hydroxylation is 1. The maximum absolute atomic E-state index is 12.2. The minimum Gasteiger partial charge on any atom is -0.409 e. The third-order valence-corrected chi connectivity index (χ3v) is 4.64. The molecule has 0 atom stereocenters. The number of nitrogens with zero attached hydrogens (tertiary/aromatic N) is 2. The summed E-state index contributed by atoms with van der Waals surface area (Å²) in [7, 11) is -2.22. The number of oxime groups is 1. The molecule has 0 aromatic heterocycles. The molecule has 0 saturated carbocycles. The number of anilines is 1. The molecule has 112 valence electrons. The zero-order valence-corrected chi connectivity index (χ0v) is 12.8. The average molecular weight is 300 g/mol. The van der Waals surface area contributed by atoms with Crippen molar-refractivity contribution in [1.29, 1.82) is 0 Å². The molecule has 0 aliphatic rings. The first-order valence-corrected chi connectivity index (χ1v) is 7.48. The van der Waals surface area contributed by atoms with E-state index in [0.717, 1.165) is 0 Å². The van der Waals surface area contributed by atoms with Gasteiger partial charge in [-0.05, 0) is 32.4 Å². The van der Waals surface area contributed by atoms with E-state index >= 15 is 0 Å². The molecule has 0 aliphatic heterocycles. The van der Waals surface area contributed by atoms with E-state index in [1.807, 2.05) is 0 Å². The van der Waals surface area contributed by atoms with Gasteiger partial charge >= 0.3 is 10.2 Å². The van der Waals surface area contributed by atoms with Crippen LogP contribution in [0.1, 0.15) is 25.0 Å². The minimum absolute atomic E-state index is 0.145. The Hall–Kier alpha value is -1.80. The van der Waals surface area contributed by atoms with Gasteiger partial charge in [0.1, 0.15) is 0 Å². The molecule has 1 rings (SSSR count). The van der Waals surface area contributed by atoms with Crippen LogP contribution in [0.3, 0.4) is 0 Å². The monoisotopic (exact) mass is 300 g/mol. The van der Waals surface area contributed by atoms with Gasteiger partial charge in [-0.15, -0.1) is 0 Å². The molecule has 20 heavy (non-hydrogen) atoms. The van der Waals surface area contributed by atoms with Crippen molar-refractivity contribution >= 4 is 21.7 Å². The van der Waals surface area contributed by atoms with Gasteiger partial charge in [-0.2, -0.15) is 12.7 Å². The minimum atomic E-state index is -3.70. The van der Waals surface area contributed by atoms with Gasteiger partial charge in [0, 0.05) is 18.7 Å². The van der Waals surface area contributed by atoms with E-state index in [4.69, 9.17) is 10.9 Å². The quantitative estimate of drug-likeness (QED) is 0.327. The molecule has 0 bridgehead atoms. The van der Waals surface area contributed by atoms with E-state index in [-0.39, 0.29) is 17.6 Å². The molecule has 0 radical (unpaired) electrons. The summed E-state index contributed by atoms with van der Waals surface area (Å²) in [5.74, 6) is -0.145. The number of nitrogens with two attached hydrogens (primary N) is 1. The molecule has 1 aromatic rings. The fourth-order valence-corrected chi connectivity index (χ4v) is 2.78. The van der Waals surface area contributed by atoms with E-state index in [9.17, 15) is 8.42 Å². The lowest BCUT2D eigenvalue weighted by molar-refractivity contribution is 0.318. The number of nitrogens with one attached hydrogen (secondary N) is 1. The van der Waals surface area contributed by atoms with Crippen LogP contribution >= 0.6 is 0 Å². The lowest BCUT2D eigenvalue weighted by atomic mass is 10.1. The van der Waals surface area contributed by atoms with E-state index in [1.54, 1.807) is 39.0 Å². The first-order chi connectivity index (χ1) is 9.20. The summed E-state index contributed by atoms with van der Waals surface area (Å²) in [4.78, 5) is 0. The second kappa shape index (κ2) is 6.10. The van der Waals surface area contributed by atoms with E-state index in [0.29, 0.717) is 11.1 Å². The smallest absolute Gasteiger partial charge is 0.301 e. The van der Waals surface area contributed by atoms with Crippen LogP contribution in [0.2, 0.25) is 0 Å². The summed E-state index contributed by atoms with van der Waals surface area (Å²) in [6, 6.07) is 4.81. The van der Waals surface area contributed by atoms with Crippen molar-refractivity contribution in [2.45, 2.75) is 26.8 Å². The van der Waals surface area contributed by atoms with Crippen LogP contribution in [0.5, 0.6) is 0 Å². The molecule has 0 amide bonds. The molecule has 0 unspecified atom stereocenters. The maximum atomic E-state index is 12.2. The van der Waals surface area contributed by atoms with Crippen molar-refractivity contribution in [1.82, 2.24) is 4.31 Å². The van der Waals surface area contributed by atoms with E-state index in [2.05, 4.69) is 9.88 Å². The van der Waals surface area contributed by atoms with Gasteiger partial charge in [-0.1, -0.05) is 17.3 Å². The predicted molar refractivity (Wildman–Crippen MR) is 79.1 cm³/mol. The van der Waals surface area contributed by atoms with Gasteiger partial charge in [0.25, 0.3) is 0 Å². The van der Waals surface area contributed by atoms with Gasteiger partial charge < -0.3 is 10.9 Å². The number of amidine groups is 1. The van der Waals surface area contributed by atoms with Crippen LogP contribution in [-0.2, 0) is 10.2 Å². The Bertz CT molecular complexity index is 611. The number of benzene rings is 1. The standard InChI is InChI=1S/C12H20N4O3S/c1-8(2)16(4)20(18,19)15-10-7-5-6-9(3)11(10)12(13)14-17/h5-8,15,17H,1-4H3,(H2,13,14). The van der Waals surface area contributed by atoms with Crippen LogP contribution in [0.25, 0.3) is 0 Å². The SMILES string of the molecule is Cc1cccc(NS(=O)(=O)N(C)C(C)C)c1/C(N)=N/O. The van der Waals surface area contributed by atoms with Gasteiger partial charge in [-0.25, -0.2) is 0 Å². The Kier molecular flexibility index (Phi) is 4.96. The van der Waals surface area contributed by atoms with Crippen LogP contribution in [0, 0.1) is 6.92 Å². The molecular weight excluding hydrogens is 280 g/mol. The molecule has 0 heterocycles. The molecule has 0 fully saturated rings. The Balaban J connectivity index is 3.27. The highest BCUT2D eigenvalue weighted by Crippen LogP contribution is 2.21. The van der Waals surface area contributed by atoms with Crippen LogP contribution in [0.4, 0.5) is 5.69 Å². The zero-order chi connectivity index (χ0) is 15.5. The third kappa shape index (κ3) is 3.40. The molecule has 4 N–H and O–H groups in total. The van der Waals surface area contributed by atoms with Gasteiger partial charge in [-0.3, -0.25) is 4.72 Å². The van der Waals surface area contributed by atoms with Crippen molar-refractivity contribution in [2.24, 2.45) is 10.9 Å². The third-order valence-electron chi connectivity index (χ3n) is 2.98. The fourth-order valence-electron chi connectivity index (χ4n) is 1.63.